The molecule has 0 amide bonds. The Bertz CT molecular complexity index is 2030. The number of Topliss-reactive ketones (excluding diaryl/α,β-unsaturated/α-hetero) is 1. The first-order valence-electron chi connectivity index (χ1n) is 15.6. The van der Waals surface area contributed by atoms with Crippen LogP contribution in [0.25, 0.3) is 0 Å². The Morgan fingerprint density at radius 2 is 1.15 bits per heavy atom. The van der Waals surface area contributed by atoms with Crippen molar-refractivity contribution in [2.75, 3.05) is 6.61 Å². The number of esters is 2. The Hall–Kier alpha value is -6.83. The average Bonchev–Trinajstić information content (AvgIpc) is 3.11. The topological polar surface area (TPSA) is 331 Å². The van der Waals surface area contributed by atoms with Crippen LogP contribution in [0.15, 0.2) is 54.6 Å². The van der Waals surface area contributed by atoms with E-state index in [1.54, 1.807) is 0 Å². The first-order chi connectivity index (χ1) is 25.4. The lowest BCUT2D eigenvalue weighted by Gasteiger charge is -2.41. The summed E-state index contributed by atoms with van der Waals surface area (Å²) >= 11 is 0. The second-order valence-corrected chi connectivity index (χ2v) is 11.9. The van der Waals surface area contributed by atoms with Gasteiger partial charge in [-0.15, -0.1) is 0 Å². The van der Waals surface area contributed by atoms with Gasteiger partial charge in [0.1, 0.15) is 47.7 Å². The van der Waals surface area contributed by atoms with Crippen LogP contribution in [0.2, 0.25) is 0 Å². The minimum atomic E-state index is -2.11. The third-order valence-corrected chi connectivity index (χ3v) is 8.16. The number of aliphatic hydroxyl groups excluding tert-OH is 2. The lowest BCUT2D eigenvalue weighted by Crippen LogP contribution is -2.61. The Kier molecular flexibility index (Phi) is 11.0. The predicted octanol–water partition coefficient (Wildman–Crippen LogP) is 1.47. The minimum absolute atomic E-state index is 0.0473. The fraction of sp³-hybridized carbons (Fsp3) is 0.229. The van der Waals surface area contributed by atoms with E-state index < -0.39 is 129 Å². The second-order valence-electron chi connectivity index (χ2n) is 11.9. The zero-order valence-corrected chi connectivity index (χ0v) is 27.4. The summed E-state index contributed by atoms with van der Waals surface area (Å²) in [5.41, 5.74) is -1.07. The second kappa shape index (κ2) is 15.4. The number of rotatable bonds is 11. The van der Waals surface area contributed by atoms with Crippen molar-refractivity contribution in [3.63, 3.8) is 0 Å². The fourth-order valence-electron chi connectivity index (χ4n) is 5.34. The van der Waals surface area contributed by atoms with Crippen molar-refractivity contribution in [1.29, 1.82) is 0 Å². The third-order valence-electron chi connectivity index (χ3n) is 8.16. The normalized spacial score (nSPS) is 19.5. The van der Waals surface area contributed by atoms with E-state index in [0.29, 0.717) is 17.7 Å². The zero-order valence-electron chi connectivity index (χ0n) is 27.4. The van der Waals surface area contributed by atoms with Crippen molar-refractivity contribution in [1.82, 2.24) is 0 Å². The van der Waals surface area contributed by atoms with Gasteiger partial charge in [-0.25, -0.2) is 9.59 Å². The van der Waals surface area contributed by atoms with Gasteiger partial charge in [-0.1, -0.05) is 6.07 Å². The van der Waals surface area contributed by atoms with Gasteiger partial charge in [0.15, 0.2) is 57.9 Å². The molecule has 4 aromatic rings. The maximum Gasteiger partial charge on any atom is 0.338 e. The molecule has 0 unspecified atom stereocenters. The summed E-state index contributed by atoms with van der Waals surface area (Å²) in [7, 11) is 0. The van der Waals surface area contributed by atoms with Gasteiger partial charge in [-0.2, -0.15) is 0 Å². The number of carbonyl (C=O) groups excluding carboxylic acids is 3. The van der Waals surface area contributed by atoms with Crippen LogP contribution in [0.1, 0.15) is 43.1 Å². The smallest absolute Gasteiger partial charge is 0.338 e. The van der Waals surface area contributed by atoms with Crippen molar-refractivity contribution >= 4 is 17.7 Å². The van der Waals surface area contributed by atoms with Crippen molar-refractivity contribution < 1.29 is 94.6 Å². The largest absolute Gasteiger partial charge is 0.507 e. The van der Waals surface area contributed by atoms with Gasteiger partial charge in [0.2, 0.25) is 6.29 Å². The van der Waals surface area contributed by atoms with Gasteiger partial charge in [-0.3, -0.25) is 4.79 Å². The number of phenolic OH excluding ortho intramolecular Hbond substituents is 10. The lowest BCUT2D eigenvalue weighted by atomic mass is 9.98. The molecular weight excluding hydrogens is 724 g/mol. The van der Waals surface area contributed by atoms with E-state index >= 15 is 0 Å². The Labute approximate surface area is 302 Å². The molecule has 0 aliphatic carbocycles. The number of carbonyl (C=O) groups is 3. The highest BCUT2D eigenvalue weighted by Gasteiger charge is 2.49. The Balaban J connectivity index is 1.36. The highest BCUT2D eigenvalue weighted by atomic mass is 16.7. The fourth-order valence-corrected chi connectivity index (χ4v) is 5.34. The van der Waals surface area contributed by atoms with Gasteiger partial charge < -0.3 is 80.2 Å². The summed E-state index contributed by atoms with van der Waals surface area (Å²) in [4.78, 5) is 38.6. The van der Waals surface area contributed by atoms with Gasteiger partial charge in [-0.05, 0) is 48.4 Å². The molecule has 1 heterocycles. The summed E-state index contributed by atoms with van der Waals surface area (Å²) in [5, 5.41) is 121. The Morgan fingerprint density at radius 3 is 1.69 bits per heavy atom. The van der Waals surface area contributed by atoms with Gasteiger partial charge in [0, 0.05) is 18.6 Å². The average molecular weight is 757 g/mol. The number of ketones is 1. The monoisotopic (exact) mass is 756 g/mol. The molecule has 1 aliphatic heterocycles. The van der Waals surface area contributed by atoms with Crippen LogP contribution in [0.4, 0.5) is 0 Å². The zero-order chi connectivity index (χ0) is 39.6. The number of aliphatic hydroxyl groups is 2. The third kappa shape index (κ3) is 8.12. The van der Waals surface area contributed by atoms with Crippen molar-refractivity contribution in [2.24, 2.45) is 0 Å². The number of hydrogen-bond donors (Lipinski definition) is 12. The van der Waals surface area contributed by atoms with Crippen molar-refractivity contribution in [3.05, 3.63) is 76.9 Å². The van der Waals surface area contributed by atoms with Crippen LogP contribution in [0.5, 0.6) is 63.2 Å². The molecule has 0 radical (unpaired) electrons. The van der Waals surface area contributed by atoms with Crippen LogP contribution in [0.3, 0.4) is 0 Å². The Morgan fingerprint density at radius 1 is 0.611 bits per heavy atom. The highest BCUT2D eigenvalue weighted by molar-refractivity contribution is 6.01. The van der Waals surface area contributed by atoms with Crippen LogP contribution >= 0.6 is 0 Å². The molecule has 1 aliphatic rings. The van der Waals surface area contributed by atoms with Crippen LogP contribution < -0.4 is 4.74 Å². The first-order valence-corrected chi connectivity index (χ1v) is 15.6. The summed E-state index contributed by atoms with van der Waals surface area (Å²) in [5.74, 6) is -11.5. The van der Waals surface area contributed by atoms with E-state index in [4.69, 9.17) is 18.9 Å². The van der Waals surface area contributed by atoms with Crippen molar-refractivity contribution in [3.8, 4) is 63.2 Å². The van der Waals surface area contributed by atoms with E-state index in [1.807, 2.05) is 0 Å². The maximum atomic E-state index is 13.0. The van der Waals surface area contributed by atoms with Crippen molar-refractivity contribution in [2.45, 2.75) is 43.5 Å². The summed E-state index contributed by atoms with van der Waals surface area (Å²) < 4.78 is 21.7. The molecule has 0 spiro atoms. The van der Waals surface area contributed by atoms with E-state index in [1.165, 1.54) is 18.2 Å². The number of hydrogen-bond acceptors (Lipinski definition) is 19. The summed E-state index contributed by atoms with van der Waals surface area (Å²) in [6.45, 7) is -0.905. The summed E-state index contributed by atoms with van der Waals surface area (Å²) in [6.07, 6.45) is -9.96. The molecule has 1 saturated heterocycles. The van der Waals surface area contributed by atoms with Gasteiger partial charge in [0.25, 0.3) is 0 Å². The number of aryl methyl sites for hydroxylation is 1. The van der Waals surface area contributed by atoms with E-state index in [2.05, 4.69) is 0 Å². The number of aromatic hydroxyl groups is 10. The van der Waals surface area contributed by atoms with Crippen LogP contribution in [0, 0.1) is 0 Å². The molecule has 0 bridgehead atoms. The molecule has 5 rings (SSSR count). The molecule has 54 heavy (non-hydrogen) atoms. The number of phenols is 10. The predicted molar refractivity (Wildman–Crippen MR) is 176 cm³/mol. The SMILES string of the molecule is O=C(OC[C@H]1O[C@@H](Oc2cc(O)c(C(=O)CCc3ccc(O)c(O)c3)c(O)c2)[C@H](O)[C@@H](O)[C@@H]1OC(=O)c1cc(O)c(O)c(O)c1)c1cc(O)c(O)c(O)c1. The molecular formula is C35H32O19. The molecule has 286 valence electrons. The quantitative estimate of drug-likeness (QED) is 0.0585. The molecule has 5 atom stereocenters. The van der Waals surface area contributed by atoms with E-state index in [9.17, 15) is 75.7 Å². The summed E-state index contributed by atoms with van der Waals surface area (Å²) in [6, 6.07) is 8.56. The lowest BCUT2D eigenvalue weighted by molar-refractivity contribution is -0.276. The number of ether oxygens (including phenoxy) is 4. The molecule has 19 nitrogen and oxygen atoms in total. The van der Waals surface area contributed by atoms with Gasteiger partial charge in [0.05, 0.1) is 11.1 Å². The van der Waals surface area contributed by atoms with Crippen LogP contribution in [-0.4, -0.2) is 116 Å². The van der Waals surface area contributed by atoms with E-state index in [-0.39, 0.29) is 18.6 Å². The molecule has 1 fully saturated rings. The highest BCUT2D eigenvalue weighted by Crippen LogP contribution is 2.39. The first kappa shape index (κ1) is 38.4. The van der Waals surface area contributed by atoms with Gasteiger partial charge >= 0.3 is 11.9 Å². The molecule has 12 N–H and O–H groups in total. The molecule has 4 aromatic carbocycles. The number of benzene rings is 4. The molecule has 19 heteroatoms. The molecule has 0 saturated carbocycles. The minimum Gasteiger partial charge on any atom is -0.507 e. The van der Waals surface area contributed by atoms with E-state index in [0.717, 1.165) is 24.3 Å². The standard InChI is InChI=1S/C35H32O19/c36-17-3-1-13(5-19(17)38)2-4-18(37)27-20(39)10-16(11-21(27)40)52-35-31(48)30(47)32(54-34(50)15-8-24(43)29(46)25(44)9-15)26(53-35)12-51-33(49)14-6-22(41)28(45)23(42)7-14/h1,3,5-11,26,30-32,35-36,38-48H,2,4,12H2/t26-,30-,31-,32-,35-/m1/s1. The molecule has 0 aromatic heterocycles. The van der Waals surface area contributed by atoms with Crippen LogP contribution in [-0.2, 0) is 20.6 Å². The maximum absolute atomic E-state index is 13.0.